The number of morpholine rings is 1. The quantitative estimate of drug-likeness (QED) is 0.606. The maximum Gasteiger partial charge on any atom is 0.415 e. The number of carbonyl (C=O) groups excluding carboxylic acids is 2. The summed E-state index contributed by atoms with van der Waals surface area (Å²) in [4.78, 5) is 26.4. The molecule has 1 fully saturated rings. The van der Waals surface area contributed by atoms with Crippen LogP contribution in [0.2, 0.25) is 0 Å². The van der Waals surface area contributed by atoms with Crippen molar-refractivity contribution in [3.63, 3.8) is 0 Å². The van der Waals surface area contributed by atoms with Gasteiger partial charge in [0.05, 0.1) is 18.8 Å². The minimum absolute atomic E-state index is 0.0476. The normalized spacial score (nSPS) is 14.5. The van der Waals surface area contributed by atoms with Gasteiger partial charge in [0.25, 0.3) is 0 Å². The number of hydrogen-bond donors (Lipinski definition) is 2. The van der Waals surface area contributed by atoms with Gasteiger partial charge in [-0.05, 0) is 23.1 Å². The lowest BCUT2D eigenvalue weighted by Crippen LogP contribution is -2.42. The van der Waals surface area contributed by atoms with E-state index in [1.807, 2.05) is 12.1 Å². The standard InChI is InChI=1S/C22H25NO6/c1-22(2,3)15-6-4-14(5-7-15)18(24)16-8-9-17(20(26)19(16)25)29-21(27)23-10-12-28-13-11-23/h4-9,25-26H,10-13H2,1-3H3. The predicted octanol–water partition coefficient (Wildman–Crippen LogP) is 3.46. The molecule has 0 unspecified atom stereocenters. The van der Waals surface area contributed by atoms with Crippen LogP contribution in [0.25, 0.3) is 0 Å². The average Bonchev–Trinajstić information content (AvgIpc) is 2.71. The predicted molar refractivity (Wildman–Crippen MR) is 107 cm³/mol. The van der Waals surface area contributed by atoms with Gasteiger partial charge < -0.3 is 24.6 Å². The van der Waals surface area contributed by atoms with E-state index in [-0.39, 0.29) is 16.7 Å². The highest BCUT2D eigenvalue weighted by atomic mass is 16.6. The second-order valence-electron chi connectivity index (χ2n) is 7.93. The molecule has 29 heavy (non-hydrogen) atoms. The van der Waals surface area contributed by atoms with Crippen LogP contribution >= 0.6 is 0 Å². The number of phenols is 2. The average molecular weight is 399 g/mol. The molecule has 3 rings (SSSR count). The Morgan fingerprint density at radius 1 is 0.966 bits per heavy atom. The molecule has 0 aliphatic carbocycles. The van der Waals surface area contributed by atoms with E-state index < -0.39 is 23.4 Å². The van der Waals surface area contributed by atoms with Gasteiger partial charge in [-0.15, -0.1) is 0 Å². The first kappa shape index (κ1) is 20.7. The Labute approximate surface area is 169 Å². The maximum atomic E-state index is 12.8. The zero-order chi connectivity index (χ0) is 21.2. The fraction of sp³-hybridized carbons (Fsp3) is 0.364. The molecule has 2 N–H and O–H groups in total. The van der Waals surface area contributed by atoms with Crippen molar-refractivity contribution in [3.05, 3.63) is 53.1 Å². The highest BCUT2D eigenvalue weighted by molar-refractivity contribution is 6.11. The summed E-state index contributed by atoms with van der Waals surface area (Å²) >= 11 is 0. The van der Waals surface area contributed by atoms with Crippen LogP contribution in [0.3, 0.4) is 0 Å². The van der Waals surface area contributed by atoms with Crippen LogP contribution in [0, 0.1) is 0 Å². The van der Waals surface area contributed by atoms with Crippen LogP contribution < -0.4 is 4.74 Å². The molecule has 0 radical (unpaired) electrons. The first-order valence-electron chi connectivity index (χ1n) is 9.43. The van der Waals surface area contributed by atoms with E-state index in [0.29, 0.717) is 31.9 Å². The van der Waals surface area contributed by atoms with Gasteiger partial charge in [-0.1, -0.05) is 45.0 Å². The Bertz CT molecular complexity index is 908. The molecule has 1 aliphatic heterocycles. The number of aromatic hydroxyl groups is 2. The number of rotatable bonds is 3. The second kappa shape index (κ2) is 8.13. The number of ketones is 1. The van der Waals surface area contributed by atoms with Crippen molar-refractivity contribution >= 4 is 11.9 Å². The SMILES string of the molecule is CC(C)(C)c1ccc(C(=O)c2ccc(OC(=O)N3CCOCC3)c(O)c2O)cc1. The highest BCUT2D eigenvalue weighted by Gasteiger charge is 2.24. The Morgan fingerprint density at radius 3 is 2.17 bits per heavy atom. The van der Waals surface area contributed by atoms with Gasteiger partial charge in [0.15, 0.2) is 17.3 Å². The van der Waals surface area contributed by atoms with E-state index in [2.05, 4.69) is 20.8 Å². The maximum absolute atomic E-state index is 12.8. The smallest absolute Gasteiger partial charge is 0.415 e. The molecule has 0 bridgehead atoms. The fourth-order valence-corrected chi connectivity index (χ4v) is 3.01. The molecule has 0 aromatic heterocycles. The summed E-state index contributed by atoms with van der Waals surface area (Å²) in [5.74, 6) is -1.92. The summed E-state index contributed by atoms with van der Waals surface area (Å²) in [6.45, 7) is 7.81. The minimum Gasteiger partial charge on any atom is -0.504 e. The van der Waals surface area contributed by atoms with E-state index in [1.165, 1.54) is 17.0 Å². The summed E-state index contributed by atoms with van der Waals surface area (Å²) in [6, 6.07) is 9.73. The van der Waals surface area contributed by atoms with Crippen molar-refractivity contribution in [2.45, 2.75) is 26.2 Å². The summed E-state index contributed by atoms with van der Waals surface area (Å²) in [5, 5.41) is 20.6. The Balaban J connectivity index is 1.79. The molecule has 1 amide bonds. The topological polar surface area (TPSA) is 96.3 Å². The Kier molecular flexibility index (Phi) is 5.79. The van der Waals surface area contributed by atoms with Crippen molar-refractivity contribution < 1.29 is 29.3 Å². The minimum atomic E-state index is -0.653. The molecular weight excluding hydrogens is 374 g/mol. The Hall–Kier alpha value is -3.06. The van der Waals surface area contributed by atoms with Gasteiger partial charge in [0, 0.05) is 18.7 Å². The number of hydrogen-bond acceptors (Lipinski definition) is 6. The van der Waals surface area contributed by atoms with E-state index in [0.717, 1.165) is 5.56 Å². The van der Waals surface area contributed by atoms with Crippen LogP contribution in [0.4, 0.5) is 4.79 Å². The molecule has 154 valence electrons. The second-order valence-corrected chi connectivity index (χ2v) is 7.93. The van der Waals surface area contributed by atoms with E-state index in [9.17, 15) is 19.8 Å². The number of amides is 1. The fourth-order valence-electron chi connectivity index (χ4n) is 3.01. The number of nitrogens with zero attached hydrogens (tertiary/aromatic N) is 1. The third kappa shape index (κ3) is 4.51. The molecule has 0 atom stereocenters. The van der Waals surface area contributed by atoms with Crippen LogP contribution in [-0.2, 0) is 10.2 Å². The summed E-state index contributed by atoms with van der Waals surface area (Å²) in [6.07, 6.45) is -0.653. The van der Waals surface area contributed by atoms with Gasteiger partial charge in [-0.25, -0.2) is 4.79 Å². The molecule has 1 aliphatic rings. The lowest BCUT2D eigenvalue weighted by atomic mass is 9.86. The molecule has 1 heterocycles. The molecule has 1 saturated heterocycles. The summed E-state index contributed by atoms with van der Waals surface area (Å²) in [5.41, 5.74) is 1.34. The third-order valence-corrected chi connectivity index (χ3v) is 4.84. The van der Waals surface area contributed by atoms with Crippen molar-refractivity contribution in [3.8, 4) is 17.2 Å². The van der Waals surface area contributed by atoms with E-state index in [1.54, 1.807) is 12.1 Å². The number of ether oxygens (including phenoxy) is 2. The van der Waals surface area contributed by atoms with Crippen molar-refractivity contribution in [1.82, 2.24) is 4.90 Å². The van der Waals surface area contributed by atoms with E-state index >= 15 is 0 Å². The van der Waals surface area contributed by atoms with Crippen LogP contribution in [-0.4, -0.2) is 53.3 Å². The third-order valence-electron chi connectivity index (χ3n) is 4.84. The first-order chi connectivity index (χ1) is 13.7. The zero-order valence-corrected chi connectivity index (χ0v) is 16.8. The van der Waals surface area contributed by atoms with Gasteiger partial charge >= 0.3 is 6.09 Å². The van der Waals surface area contributed by atoms with Crippen molar-refractivity contribution in [2.75, 3.05) is 26.3 Å². The van der Waals surface area contributed by atoms with E-state index in [4.69, 9.17) is 9.47 Å². The number of phenolic OH excluding ortho intramolecular Hbond substituents is 2. The molecular formula is C22H25NO6. The molecule has 0 saturated carbocycles. The van der Waals surface area contributed by atoms with Crippen LogP contribution in [0.15, 0.2) is 36.4 Å². The van der Waals surface area contributed by atoms with Crippen molar-refractivity contribution in [1.29, 1.82) is 0 Å². The molecule has 2 aromatic carbocycles. The largest absolute Gasteiger partial charge is 0.504 e. The molecule has 2 aromatic rings. The van der Waals surface area contributed by atoms with Crippen LogP contribution in [0.1, 0.15) is 42.3 Å². The highest BCUT2D eigenvalue weighted by Crippen LogP contribution is 2.39. The summed E-state index contributed by atoms with van der Waals surface area (Å²) < 4.78 is 10.3. The van der Waals surface area contributed by atoms with Gasteiger partial charge in [0.2, 0.25) is 5.75 Å². The van der Waals surface area contributed by atoms with Gasteiger partial charge in [-0.3, -0.25) is 4.79 Å². The monoisotopic (exact) mass is 399 g/mol. The molecule has 7 nitrogen and oxygen atoms in total. The van der Waals surface area contributed by atoms with Gasteiger partial charge in [-0.2, -0.15) is 0 Å². The summed E-state index contributed by atoms with van der Waals surface area (Å²) in [7, 11) is 0. The van der Waals surface area contributed by atoms with Crippen molar-refractivity contribution in [2.24, 2.45) is 0 Å². The number of carbonyl (C=O) groups is 2. The lowest BCUT2D eigenvalue weighted by Gasteiger charge is -2.26. The lowest BCUT2D eigenvalue weighted by molar-refractivity contribution is 0.0413. The zero-order valence-electron chi connectivity index (χ0n) is 16.8. The molecule has 7 heteroatoms. The molecule has 0 spiro atoms. The number of benzene rings is 2. The first-order valence-corrected chi connectivity index (χ1v) is 9.43. The van der Waals surface area contributed by atoms with Crippen LogP contribution in [0.5, 0.6) is 17.2 Å². The van der Waals surface area contributed by atoms with Gasteiger partial charge in [0.1, 0.15) is 0 Å². The Morgan fingerprint density at radius 2 is 1.59 bits per heavy atom.